The van der Waals surface area contributed by atoms with E-state index in [9.17, 15) is 19.7 Å². The van der Waals surface area contributed by atoms with Crippen molar-refractivity contribution >= 4 is 17.5 Å². The van der Waals surface area contributed by atoms with Crippen molar-refractivity contribution in [1.82, 2.24) is 9.88 Å². The number of carbonyl (C=O) groups is 2. The molecule has 2 aromatic rings. The largest absolute Gasteiger partial charge is 0.448 e. The van der Waals surface area contributed by atoms with Gasteiger partial charge in [0.05, 0.1) is 17.0 Å². The highest BCUT2D eigenvalue weighted by Crippen LogP contribution is 2.39. The fraction of sp³-hybridized carbons (Fsp3) is 0.312. The molecule has 24 heavy (non-hydrogen) atoms. The van der Waals surface area contributed by atoms with E-state index in [4.69, 9.17) is 4.42 Å². The van der Waals surface area contributed by atoms with Gasteiger partial charge in [-0.25, -0.2) is 4.98 Å². The van der Waals surface area contributed by atoms with Crippen LogP contribution in [0.1, 0.15) is 57.4 Å². The smallest absolute Gasteiger partial charge is 0.282 e. The number of oxazole rings is 1. The topological polar surface area (TPSA) is 107 Å². The van der Waals surface area contributed by atoms with E-state index in [1.807, 2.05) is 0 Å². The van der Waals surface area contributed by atoms with Crippen molar-refractivity contribution in [2.24, 2.45) is 0 Å². The van der Waals surface area contributed by atoms with Crippen molar-refractivity contribution in [1.29, 1.82) is 0 Å². The summed E-state index contributed by atoms with van der Waals surface area (Å²) >= 11 is 0. The Morgan fingerprint density at radius 2 is 2.08 bits per heavy atom. The summed E-state index contributed by atoms with van der Waals surface area (Å²) < 4.78 is 5.42. The van der Waals surface area contributed by atoms with Crippen LogP contribution in [0.4, 0.5) is 5.69 Å². The number of benzene rings is 1. The molecule has 1 aromatic carbocycles. The molecule has 122 valence electrons. The van der Waals surface area contributed by atoms with E-state index in [0.717, 1.165) is 24.2 Å². The molecule has 1 aliphatic carbocycles. The predicted molar refractivity (Wildman–Crippen MR) is 80.4 cm³/mol. The van der Waals surface area contributed by atoms with E-state index in [2.05, 4.69) is 4.98 Å². The van der Waals surface area contributed by atoms with Crippen molar-refractivity contribution < 1.29 is 18.9 Å². The number of aromatic nitrogens is 1. The van der Waals surface area contributed by atoms with Gasteiger partial charge in [0.15, 0.2) is 6.39 Å². The van der Waals surface area contributed by atoms with Gasteiger partial charge in [0.25, 0.3) is 17.5 Å². The highest BCUT2D eigenvalue weighted by molar-refractivity contribution is 6.23. The quantitative estimate of drug-likeness (QED) is 0.485. The van der Waals surface area contributed by atoms with E-state index >= 15 is 0 Å². The number of hydrogen-bond donors (Lipinski definition) is 0. The number of fused-ring (bicyclic) bond motifs is 1. The van der Waals surface area contributed by atoms with Gasteiger partial charge in [0.1, 0.15) is 17.0 Å². The summed E-state index contributed by atoms with van der Waals surface area (Å²) in [6.07, 6.45) is 4.42. The van der Waals surface area contributed by atoms with Gasteiger partial charge in [-0.3, -0.25) is 24.6 Å². The third kappa shape index (κ3) is 2.03. The molecule has 0 spiro atoms. The minimum absolute atomic E-state index is 0.0359. The second-order valence-corrected chi connectivity index (χ2v) is 5.94. The molecule has 8 heteroatoms. The molecule has 1 aliphatic heterocycles. The molecule has 0 saturated heterocycles. The van der Waals surface area contributed by atoms with Crippen LogP contribution in [0.25, 0.3) is 0 Å². The maximum absolute atomic E-state index is 12.6. The first-order chi connectivity index (χ1) is 11.6. The zero-order chi connectivity index (χ0) is 16.8. The molecule has 8 nitrogen and oxygen atoms in total. The van der Waals surface area contributed by atoms with Gasteiger partial charge < -0.3 is 4.42 Å². The van der Waals surface area contributed by atoms with Gasteiger partial charge in [-0.05, 0) is 18.9 Å². The van der Waals surface area contributed by atoms with E-state index in [0.29, 0.717) is 11.5 Å². The lowest BCUT2D eigenvalue weighted by Gasteiger charge is -2.24. The Labute approximate surface area is 136 Å². The normalized spacial score (nSPS) is 17.1. The number of nitrogens with zero attached hydrogens (tertiary/aromatic N) is 3. The molecule has 4 rings (SSSR count). The molecule has 1 aromatic heterocycles. The van der Waals surface area contributed by atoms with Gasteiger partial charge in [0.2, 0.25) is 0 Å². The maximum atomic E-state index is 12.6. The summed E-state index contributed by atoms with van der Waals surface area (Å²) in [6, 6.07) is 4.06. The molecule has 0 atom stereocenters. The zero-order valence-electron chi connectivity index (χ0n) is 12.6. The summed E-state index contributed by atoms with van der Waals surface area (Å²) in [5.41, 5.74) is 0.0913. The van der Waals surface area contributed by atoms with Crippen LogP contribution in [0.2, 0.25) is 0 Å². The third-order valence-electron chi connectivity index (χ3n) is 4.63. The predicted octanol–water partition coefficient (Wildman–Crippen LogP) is 2.65. The number of imide groups is 1. The van der Waals surface area contributed by atoms with Crippen LogP contribution in [0.5, 0.6) is 0 Å². The van der Waals surface area contributed by atoms with Gasteiger partial charge in [0, 0.05) is 12.0 Å². The molecule has 0 unspecified atom stereocenters. The molecule has 2 amide bonds. The fourth-order valence-electron chi connectivity index (χ4n) is 3.16. The summed E-state index contributed by atoms with van der Waals surface area (Å²) in [5.74, 6) is -0.231. The average Bonchev–Trinajstić information content (AvgIpc) is 3.05. The van der Waals surface area contributed by atoms with Crippen LogP contribution >= 0.6 is 0 Å². The molecule has 1 saturated carbocycles. The summed E-state index contributed by atoms with van der Waals surface area (Å²) in [6.45, 7) is -0.0359. The fourth-order valence-corrected chi connectivity index (χ4v) is 3.16. The molecule has 1 fully saturated rings. The number of carbonyl (C=O) groups excluding carboxylic acids is 2. The minimum Gasteiger partial charge on any atom is -0.448 e. The molecular weight excluding hydrogens is 314 g/mol. The lowest BCUT2D eigenvalue weighted by atomic mass is 9.83. The van der Waals surface area contributed by atoms with Crippen LogP contribution < -0.4 is 0 Å². The number of amides is 2. The highest BCUT2D eigenvalue weighted by atomic mass is 16.6. The van der Waals surface area contributed by atoms with Gasteiger partial charge >= 0.3 is 0 Å². The number of nitro benzene ring substituents is 1. The Hall–Kier alpha value is -3.03. The lowest BCUT2D eigenvalue weighted by Crippen LogP contribution is -2.30. The SMILES string of the molecule is O=C1c2cccc([N+](=O)[O-])c2C(=O)N1Cc1ncoc1C1CCC1. The first kappa shape index (κ1) is 14.6. The number of nitro groups is 1. The Balaban J connectivity index is 1.68. The summed E-state index contributed by atoms with van der Waals surface area (Å²) in [4.78, 5) is 40.7. The Morgan fingerprint density at radius 3 is 2.75 bits per heavy atom. The summed E-state index contributed by atoms with van der Waals surface area (Å²) in [5, 5.41) is 11.1. The van der Waals surface area contributed by atoms with Crippen molar-refractivity contribution in [2.45, 2.75) is 31.7 Å². The second kappa shape index (κ2) is 5.26. The van der Waals surface area contributed by atoms with Crippen LogP contribution in [0.15, 0.2) is 29.0 Å². The highest BCUT2D eigenvalue weighted by Gasteiger charge is 2.41. The third-order valence-corrected chi connectivity index (χ3v) is 4.63. The first-order valence-corrected chi connectivity index (χ1v) is 7.63. The minimum atomic E-state index is -0.662. The summed E-state index contributed by atoms with van der Waals surface area (Å²) in [7, 11) is 0. The van der Waals surface area contributed by atoms with E-state index in [-0.39, 0.29) is 29.3 Å². The van der Waals surface area contributed by atoms with Crippen molar-refractivity contribution in [3.05, 3.63) is 57.3 Å². The zero-order valence-corrected chi connectivity index (χ0v) is 12.6. The Morgan fingerprint density at radius 1 is 1.29 bits per heavy atom. The second-order valence-electron chi connectivity index (χ2n) is 5.94. The van der Waals surface area contributed by atoms with Gasteiger partial charge in [-0.15, -0.1) is 0 Å². The van der Waals surface area contributed by atoms with Crippen LogP contribution in [-0.2, 0) is 6.54 Å². The van der Waals surface area contributed by atoms with Gasteiger partial charge in [-0.1, -0.05) is 12.5 Å². The number of rotatable bonds is 4. The van der Waals surface area contributed by atoms with Crippen LogP contribution in [-0.4, -0.2) is 26.6 Å². The van der Waals surface area contributed by atoms with Crippen LogP contribution in [0.3, 0.4) is 0 Å². The monoisotopic (exact) mass is 327 g/mol. The molecular formula is C16H13N3O5. The van der Waals surface area contributed by atoms with E-state index in [1.165, 1.54) is 24.6 Å². The molecule has 0 N–H and O–H groups in total. The van der Waals surface area contributed by atoms with Crippen molar-refractivity contribution in [3.63, 3.8) is 0 Å². The first-order valence-electron chi connectivity index (χ1n) is 7.63. The lowest BCUT2D eigenvalue weighted by molar-refractivity contribution is -0.385. The molecule has 2 aliphatic rings. The molecule has 2 heterocycles. The number of hydrogen-bond acceptors (Lipinski definition) is 6. The van der Waals surface area contributed by atoms with E-state index < -0.39 is 16.7 Å². The average molecular weight is 327 g/mol. The molecule has 0 bridgehead atoms. The maximum Gasteiger partial charge on any atom is 0.282 e. The van der Waals surface area contributed by atoms with Crippen molar-refractivity contribution in [2.75, 3.05) is 0 Å². The Kier molecular flexibility index (Phi) is 3.19. The van der Waals surface area contributed by atoms with Crippen LogP contribution in [0, 0.1) is 10.1 Å². The van der Waals surface area contributed by atoms with Gasteiger partial charge in [-0.2, -0.15) is 0 Å². The standard InChI is InChI=1S/C16H13N3O5/c20-15-10-5-2-6-12(19(22)23)13(10)16(21)18(15)7-11-14(24-8-17-11)9-3-1-4-9/h2,5-6,8-9H,1,3-4,7H2. The Bertz CT molecular complexity index is 868. The molecule has 0 radical (unpaired) electrons. The van der Waals surface area contributed by atoms with Crippen molar-refractivity contribution in [3.8, 4) is 0 Å². The van der Waals surface area contributed by atoms with E-state index in [1.54, 1.807) is 0 Å².